The molecular formula is C13H18O2S. The molecule has 16 heavy (non-hydrogen) atoms. The molecule has 0 radical (unpaired) electrons. The van der Waals surface area contributed by atoms with E-state index in [1.165, 1.54) is 0 Å². The largest absolute Gasteiger partial charge is 0.389 e. The molecular weight excluding hydrogens is 220 g/mol. The van der Waals surface area contributed by atoms with E-state index in [0.717, 1.165) is 20.9 Å². The number of rotatable bonds is 3. The second kappa shape index (κ2) is 5.41. The number of benzene rings is 1. The Morgan fingerprint density at radius 1 is 1.25 bits per heavy atom. The Morgan fingerprint density at radius 3 is 2.19 bits per heavy atom. The maximum atomic E-state index is 12.1. The van der Waals surface area contributed by atoms with Crippen LogP contribution in [0.4, 0.5) is 0 Å². The molecule has 0 spiro atoms. The fourth-order valence-electron chi connectivity index (χ4n) is 1.28. The zero-order valence-corrected chi connectivity index (χ0v) is 11.0. The summed E-state index contributed by atoms with van der Waals surface area (Å²) in [6.07, 6.45) is -0.547. The predicted molar refractivity (Wildman–Crippen MR) is 67.6 cm³/mol. The van der Waals surface area contributed by atoms with Gasteiger partial charge in [0, 0.05) is 9.80 Å². The van der Waals surface area contributed by atoms with Crippen LogP contribution in [-0.4, -0.2) is 15.4 Å². The number of hydrogen-bond acceptors (Lipinski definition) is 2. The molecule has 2 nitrogen and oxygen atoms in total. The Morgan fingerprint density at radius 2 is 1.75 bits per heavy atom. The van der Waals surface area contributed by atoms with Crippen LogP contribution in [0.5, 0.6) is 0 Å². The SMILES string of the molecule is C/C(=C(\C)S(=O)c1ccc(C)cc1)[C@@H](C)O. The van der Waals surface area contributed by atoms with E-state index < -0.39 is 16.9 Å². The highest BCUT2D eigenvalue weighted by Crippen LogP contribution is 2.19. The summed E-state index contributed by atoms with van der Waals surface area (Å²) < 4.78 is 12.1. The van der Waals surface area contributed by atoms with E-state index in [4.69, 9.17) is 0 Å². The van der Waals surface area contributed by atoms with Crippen molar-refractivity contribution in [3.8, 4) is 0 Å². The summed E-state index contributed by atoms with van der Waals surface area (Å²) >= 11 is 0. The van der Waals surface area contributed by atoms with E-state index >= 15 is 0 Å². The Labute approximate surface area is 99.5 Å². The molecule has 0 bridgehead atoms. The van der Waals surface area contributed by atoms with E-state index in [-0.39, 0.29) is 0 Å². The van der Waals surface area contributed by atoms with Crippen LogP contribution in [-0.2, 0) is 10.8 Å². The van der Waals surface area contributed by atoms with Crippen molar-refractivity contribution in [3.63, 3.8) is 0 Å². The molecule has 0 aromatic heterocycles. The van der Waals surface area contributed by atoms with E-state index in [0.29, 0.717) is 0 Å². The number of aliphatic hydroxyl groups excluding tert-OH is 1. The molecule has 0 amide bonds. The van der Waals surface area contributed by atoms with Gasteiger partial charge in [-0.2, -0.15) is 0 Å². The van der Waals surface area contributed by atoms with Crippen LogP contribution in [0, 0.1) is 6.92 Å². The summed E-state index contributed by atoms with van der Waals surface area (Å²) in [5.41, 5.74) is 1.92. The lowest BCUT2D eigenvalue weighted by Gasteiger charge is -2.10. The van der Waals surface area contributed by atoms with E-state index in [1.54, 1.807) is 13.8 Å². The number of aryl methyl sites for hydroxylation is 1. The Balaban J connectivity index is 3.03. The normalized spacial score (nSPS) is 16.6. The third kappa shape index (κ3) is 3.03. The van der Waals surface area contributed by atoms with Crippen molar-refractivity contribution in [1.29, 1.82) is 0 Å². The molecule has 0 aliphatic heterocycles. The monoisotopic (exact) mass is 238 g/mol. The molecule has 2 atom stereocenters. The van der Waals surface area contributed by atoms with Crippen LogP contribution >= 0.6 is 0 Å². The summed E-state index contributed by atoms with van der Waals surface area (Å²) in [5.74, 6) is 0. The van der Waals surface area contributed by atoms with Gasteiger partial charge in [0.1, 0.15) is 0 Å². The van der Waals surface area contributed by atoms with Gasteiger partial charge < -0.3 is 5.11 Å². The quantitative estimate of drug-likeness (QED) is 0.879. The van der Waals surface area contributed by atoms with Gasteiger partial charge in [-0.1, -0.05) is 17.7 Å². The molecule has 0 saturated heterocycles. The first-order chi connectivity index (χ1) is 7.43. The van der Waals surface area contributed by atoms with E-state index in [2.05, 4.69) is 0 Å². The van der Waals surface area contributed by atoms with Crippen molar-refractivity contribution in [2.45, 2.75) is 38.7 Å². The van der Waals surface area contributed by atoms with Gasteiger partial charge in [-0.25, -0.2) is 4.21 Å². The number of aliphatic hydroxyl groups is 1. The molecule has 1 aromatic rings. The van der Waals surface area contributed by atoms with Crippen LogP contribution in [0.3, 0.4) is 0 Å². The van der Waals surface area contributed by atoms with Crippen molar-refractivity contribution in [2.75, 3.05) is 0 Å². The van der Waals surface area contributed by atoms with Gasteiger partial charge in [-0.3, -0.25) is 0 Å². The van der Waals surface area contributed by atoms with Gasteiger partial charge >= 0.3 is 0 Å². The van der Waals surface area contributed by atoms with Gasteiger partial charge in [0.25, 0.3) is 0 Å². The van der Waals surface area contributed by atoms with Crippen molar-refractivity contribution in [2.24, 2.45) is 0 Å². The highest BCUT2D eigenvalue weighted by molar-refractivity contribution is 7.89. The standard InChI is InChI=1S/C13H18O2S/c1-9-5-7-13(8-6-9)16(15)12(4)10(2)11(3)14/h5-8,11,14H,1-4H3/b12-10-/t11-,16?/m1/s1. The summed E-state index contributed by atoms with van der Waals surface area (Å²) in [4.78, 5) is 1.52. The lowest BCUT2D eigenvalue weighted by molar-refractivity contribution is 0.231. The first-order valence-electron chi connectivity index (χ1n) is 5.27. The van der Waals surface area contributed by atoms with Crippen LogP contribution < -0.4 is 0 Å². The highest BCUT2D eigenvalue weighted by atomic mass is 32.2. The third-order valence-electron chi connectivity index (χ3n) is 2.70. The lowest BCUT2D eigenvalue weighted by Crippen LogP contribution is -2.06. The lowest BCUT2D eigenvalue weighted by atomic mass is 10.2. The molecule has 0 aliphatic carbocycles. The molecule has 0 aliphatic rings. The molecule has 88 valence electrons. The van der Waals surface area contributed by atoms with Gasteiger partial charge in [0.2, 0.25) is 0 Å². The number of hydrogen-bond donors (Lipinski definition) is 1. The zero-order chi connectivity index (χ0) is 12.3. The molecule has 3 heteroatoms. The van der Waals surface area contributed by atoms with Gasteiger partial charge in [-0.05, 0) is 45.4 Å². The van der Waals surface area contributed by atoms with Crippen LogP contribution in [0.15, 0.2) is 39.6 Å². The van der Waals surface area contributed by atoms with Crippen molar-refractivity contribution in [1.82, 2.24) is 0 Å². The molecule has 0 saturated carbocycles. The Kier molecular flexibility index (Phi) is 4.44. The summed E-state index contributed by atoms with van der Waals surface area (Å²) in [6, 6.07) is 7.62. The van der Waals surface area contributed by atoms with Crippen LogP contribution in [0.25, 0.3) is 0 Å². The van der Waals surface area contributed by atoms with Gasteiger partial charge in [0.05, 0.1) is 16.9 Å². The molecule has 1 N–H and O–H groups in total. The highest BCUT2D eigenvalue weighted by Gasteiger charge is 2.11. The fourth-order valence-corrected chi connectivity index (χ4v) is 2.48. The minimum absolute atomic E-state index is 0.547. The molecule has 1 aromatic carbocycles. The van der Waals surface area contributed by atoms with Crippen molar-refractivity contribution < 1.29 is 9.32 Å². The van der Waals surface area contributed by atoms with Crippen LogP contribution in [0.2, 0.25) is 0 Å². The average molecular weight is 238 g/mol. The first kappa shape index (κ1) is 13.1. The molecule has 0 fully saturated rings. The molecule has 1 rings (SSSR count). The third-order valence-corrected chi connectivity index (χ3v) is 4.27. The topological polar surface area (TPSA) is 37.3 Å². The molecule has 0 heterocycles. The van der Waals surface area contributed by atoms with Gasteiger partial charge in [0.15, 0.2) is 0 Å². The van der Waals surface area contributed by atoms with E-state index in [1.807, 2.05) is 38.1 Å². The van der Waals surface area contributed by atoms with Gasteiger partial charge in [-0.15, -0.1) is 0 Å². The van der Waals surface area contributed by atoms with Crippen molar-refractivity contribution in [3.05, 3.63) is 40.3 Å². The maximum absolute atomic E-state index is 12.1. The number of allylic oxidation sites excluding steroid dienone is 1. The Bertz CT molecular complexity index is 416. The fraction of sp³-hybridized carbons (Fsp3) is 0.385. The minimum Gasteiger partial charge on any atom is -0.389 e. The average Bonchev–Trinajstić information content (AvgIpc) is 2.27. The van der Waals surface area contributed by atoms with Crippen LogP contribution in [0.1, 0.15) is 26.3 Å². The maximum Gasteiger partial charge on any atom is 0.0805 e. The molecule has 1 unspecified atom stereocenters. The zero-order valence-electron chi connectivity index (χ0n) is 10.2. The first-order valence-corrected chi connectivity index (χ1v) is 6.42. The van der Waals surface area contributed by atoms with E-state index in [9.17, 15) is 9.32 Å². The summed E-state index contributed by atoms with van der Waals surface area (Å²) in [5, 5.41) is 9.44. The second-order valence-corrected chi connectivity index (χ2v) is 5.62. The summed E-state index contributed by atoms with van der Waals surface area (Å²) in [6.45, 7) is 7.30. The van der Waals surface area contributed by atoms with Crippen molar-refractivity contribution >= 4 is 10.8 Å². The summed E-state index contributed by atoms with van der Waals surface area (Å²) in [7, 11) is -1.17. The smallest absolute Gasteiger partial charge is 0.0805 e. The minimum atomic E-state index is -1.17. The Hall–Kier alpha value is -0.930. The predicted octanol–water partition coefficient (Wildman–Crippen LogP) is 2.78. The second-order valence-electron chi connectivity index (χ2n) is 4.00.